The van der Waals surface area contributed by atoms with Gasteiger partial charge >= 0.3 is 0 Å². The lowest BCUT2D eigenvalue weighted by molar-refractivity contribution is -0.525. The van der Waals surface area contributed by atoms with Gasteiger partial charge in [-0.2, -0.15) is 0 Å². The number of aliphatic imine (C=N–C) groups is 1. The van der Waals surface area contributed by atoms with E-state index in [0.717, 1.165) is 5.69 Å². The van der Waals surface area contributed by atoms with Crippen LogP contribution in [0.15, 0.2) is 17.5 Å². The molecule has 0 saturated carbocycles. The van der Waals surface area contributed by atoms with Crippen LogP contribution in [-0.4, -0.2) is 41.1 Å². The standard InChI is InChI=1S/C8H15N7O2/c1-9-8(14-15(16)17)12-3-2-10-4-7-5-11-6-13-7/h5-6,10H,2-4H2,1H3,(H,11,13)(H2,9,12,14). The smallest absolute Gasteiger partial charge is 0.254 e. The quantitative estimate of drug-likeness (QED) is 0.164. The van der Waals surface area contributed by atoms with Crippen LogP contribution in [0.4, 0.5) is 0 Å². The number of rotatable bonds is 6. The van der Waals surface area contributed by atoms with Gasteiger partial charge < -0.3 is 15.6 Å². The molecular weight excluding hydrogens is 226 g/mol. The van der Waals surface area contributed by atoms with Gasteiger partial charge in [0, 0.05) is 38.6 Å². The number of imidazole rings is 1. The predicted octanol–water partition coefficient (Wildman–Crippen LogP) is -1.14. The molecule has 0 aromatic carbocycles. The van der Waals surface area contributed by atoms with Crippen molar-refractivity contribution in [1.29, 1.82) is 0 Å². The highest BCUT2D eigenvalue weighted by Crippen LogP contribution is 1.87. The summed E-state index contributed by atoms with van der Waals surface area (Å²) in [6.07, 6.45) is 3.34. The lowest BCUT2D eigenvalue weighted by Crippen LogP contribution is -2.43. The summed E-state index contributed by atoms with van der Waals surface area (Å²) in [6.45, 7) is 1.85. The molecule has 1 rings (SSSR count). The molecule has 0 unspecified atom stereocenters. The van der Waals surface area contributed by atoms with Crippen LogP contribution in [0.2, 0.25) is 0 Å². The van der Waals surface area contributed by atoms with Crippen LogP contribution < -0.4 is 16.1 Å². The maximum atomic E-state index is 10.2. The molecule has 1 heterocycles. The molecule has 0 radical (unpaired) electrons. The van der Waals surface area contributed by atoms with E-state index in [0.29, 0.717) is 19.6 Å². The van der Waals surface area contributed by atoms with Crippen molar-refractivity contribution in [2.75, 3.05) is 20.1 Å². The minimum Gasteiger partial charge on any atom is -0.351 e. The number of nitro groups is 1. The van der Waals surface area contributed by atoms with Crippen LogP contribution in [-0.2, 0) is 6.54 Å². The number of guanidine groups is 1. The van der Waals surface area contributed by atoms with Crippen molar-refractivity contribution < 1.29 is 5.03 Å². The predicted molar refractivity (Wildman–Crippen MR) is 61.8 cm³/mol. The highest BCUT2D eigenvalue weighted by atomic mass is 16.7. The second-order valence-electron chi connectivity index (χ2n) is 3.12. The molecule has 1 aromatic rings. The van der Waals surface area contributed by atoms with E-state index in [9.17, 15) is 10.1 Å². The monoisotopic (exact) mass is 241 g/mol. The largest absolute Gasteiger partial charge is 0.351 e. The number of hydrazine groups is 1. The van der Waals surface area contributed by atoms with Crippen molar-refractivity contribution in [3.8, 4) is 0 Å². The van der Waals surface area contributed by atoms with E-state index in [4.69, 9.17) is 0 Å². The molecule has 0 aliphatic heterocycles. The van der Waals surface area contributed by atoms with Crippen molar-refractivity contribution in [2.24, 2.45) is 4.99 Å². The number of H-pyrrole nitrogens is 1. The molecule has 0 atom stereocenters. The minimum absolute atomic E-state index is 0.137. The zero-order chi connectivity index (χ0) is 12.5. The Morgan fingerprint density at radius 2 is 2.47 bits per heavy atom. The van der Waals surface area contributed by atoms with Crippen molar-refractivity contribution in [3.05, 3.63) is 28.3 Å². The summed E-state index contributed by atoms with van der Waals surface area (Å²) in [7, 11) is 1.47. The van der Waals surface area contributed by atoms with Crippen LogP contribution in [0, 0.1) is 10.1 Å². The fourth-order valence-electron chi connectivity index (χ4n) is 1.13. The first-order chi connectivity index (χ1) is 8.22. The molecule has 17 heavy (non-hydrogen) atoms. The molecule has 0 bridgehead atoms. The summed E-state index contributed by atoms with van der Waals surface area (Å²) < 4.78 is 0. The summed E-state index contributed by atoms with van der Waals surface area (Å²) in [5, 5.41) is 15.4. The second kappa shape index (κ2) is 7.17. The molecule has 0 saturated heterocycles. The fourth-order valence-corrected chi connectivity index (χ4v) is 1.13. The first-order valence-electron chi connectivity index (χ1n) is 5.02. The Morgan fingerprint density at radius 1 is 1.65 bits per heavy atom. The van der Waals surface area contributed by atoms with Crippen LogP contribution in [0.1, 0.15) is 5.69 Å². The van der Waals surface area contributed by atoms with Gasteiger partial charge in [-0.25, -0.2) is 15.1 Å². The van der Waals surface area contributed by atoms with Gasteiger partial charge in [-0.1, -0.05) is 5.43 Å². The van der Waals surface area contributed by atoms with Gasteiger partial charge in [0.15, 0.2) is 5.03 Å². The number of nitrogens with one attached hydrogen (secondary N) is 4. The van der Waals surface area contributed by atoms with E-state index in [2.05, 4.69) is 25.6 Å². The third-order valence-electron chi connectivity index (χ3n) is 1.89. The molecule has 9 heteroatoms. The summed E-state index contributed by atoms with van der Waals surface area (Å²) >= 11 is 0. The Kier molecular flexibility index (Phi) is 5.44. The Morgan fingerprint density at radius 3 is 3.06 bits per heavy atom. The summed E-state index contributed by atoms with van der Waals surface area (Å²) in [5.74, 6) is 0.137. The highest BCUT2D eigenvalue weighted by molar-refractivity contribution is 5.78. The third-order valence-corrected chi connectivity index (χ3v) is 1.89. The van der Waals surface area contributed by atoms with Gasteiger partial charge in [-0.15, -0.1) is 0 Å². The van der Waals surface area contributed by atoms with Crippen molar-refractivity contribution >= 4 is 5.96 Å². The van der Waals surface area contributed by atoms with Crippen LogP contribution in [0.5, 0.6) is 0 Å². The first kappa shape index (κ1) is 12.9. The fraction of sp³-hybridized carbons (Fsp3) is 0.500. The molecule has 94 valence electrons. The summed E-state index contributed by atoms with van der Waals surface area (Å²) in [6, 6.07) is 0. The first-order valence-corrected chi connectivity index (χ1v) is 5.02. The molecule has 0 aliphatic rings. The number of aromatic nitrogens is 2. The van der Waals surface area contributed by atoms with Crippen LogP contribution >= 0.6 is 0 Å². The molecule has 0 fully saturated rings. The van der Waals surface area contributed by atoms with Gasteiger partial charge in [0.25, 0.3) is 5.96 Å². The zero-order valence-electron chi connectivity index (χ0n) is 9.43. The van der Waals surface area contributed by atoms with Crippen molar-refractivity contribution in [2.45, 2.75) is 6.54 Å². The summed E-state index contributed by atoms with van der Waals surface area (Å²) in [5.41, 5.74) is 2.94. The molecule has 0 amide bonds. The molecule has 9 nitrogen and oxygen atoms in total. The Balaban J connectivity index is 2.09. The Bertz CT molecular complexity index is 362. The Labute approximate surface area is 97.9 Å². The summed E-state index contributed by atoms with van der Waals surface area (Å²) in [4.78, 5) is 20.7. The van der Waals surface area contributed by atoms with Crippen LogP contribution in [0.3, 0.4) is 0 Å². The second-order valence-corrected chi connectivity index (χ2v) is 3.12. The topological polar surface area (TPSA) is 120 Å². The van der Waals surface area contributed by atoms with Gasteiger partial charge in [0.1, 0.15) is 0 Å². The zero-order valence-corrected chi connectivity index (χ0v) is 9.43. The molecule has 4 N–H and O–H groups in total. The number of aromatic amines is 1. The van der Waals surface area contributed by atoms with Gasteiger partial charge in [0.2, 0.25) is 0 Å². The molecule has 0 spiro atoms. The van der Waals surface area contributed by atoms with Crippen molar-refractivity contribution in [1.82, 2.24) is 26.0 Å². The van der Waals surface area contributed by atoms with E-state index in [1.807, 2.05) is 5.43 Å². The Hall–Kier alpha value is -2.16. The van der Waals surface area contributed by atoms with E-state index < -0.39 is 5.03 Å². The number of hydrogen-bond donors (Lipinski definition) is 4. The van der Waals surface area contributed by atoms with Gasteiger partial charge in [-0.05, 0) is 0 Å². The maximum Gasteiger partial charge on any atom is 0.254 e. The van der Waals surface area contributed by atoms with Crippen LogP contribution in [0.25, 0.3) is 0 Å². The van der Waals surface area contributed by atoms with Crippen molar-refractivity contribution in [3.63, 3.8) is 0 Å². The number of nitrogens with zero attached hydrogens (tertiary/aromatic N) is 3. The maximum absolute atomic E-state index is 10.2. The molecule has 0 aliphatic carbocycles. The third kappa shape index (κ3) is 5.47. The molecule has 1 aromatic heterocycles. The number of hydrogen-bond acceptors (Lipinski definition) is 5. The van der Waals surface area contributed by atoms with Gasteiger partial charge in [-0.3, -0.25) is 4.99 Å². The minimum atomic E-state index is -0.659. The lowest BCUT2D eigenvalue weighted by Gasteiger charge is -2.06. The van der Waals surface area contributed by atoms with E-state index in [1.54, 1.807) is 12.5 Å². The van der Waals surface area contributed by atoms with Gasteiger partial charge in [0.05, 0.1) is 6.33 Å². The normalized spacial score (nSPS) is 11.2. The average Bonchev–Trinajstić information content (AvgIpc) is 2.79. The van der Waals surface area contributed by atoms with E-state index in [1.165, 1.54) is 7.05 Å². The SMILES string of the molecule is CN=C(NCCNCc1cnc[nH]1)N[N+](=O)[O-]. The molecular formula is C8H15N7O2. The average molecular weight is 241 g/mol. The highest BCUT2D eigenvalue weighted by Gasteiger charge is 2.02. The lowest BCUT2D eigenvalue weighted by atomic mass is 10.4. The van der Waals surface area contributed by atoms with E-state index >= 15 is 0 Å². The van der Waals surface area contributed by atoms with E-state index in [-0.39, 0.29) is 5.96 Å².